The van der Waals surface area contributed by atoms with Crippen molar-refractivity contribution in [3.05, 3.63) is 29.3 Å². The van der Waals surface area contributed by atoms with Crippen molar-refractivity contribution in [3.63, 3.8) is 0 Å². The van der Waals surface area contributed by atoms with E-state index in [9.17, 15) is 9.90 Å². The molecule has 0 bridgehead atoms. The second kappa shape index (κ2) is 7.90. The Morgan fingerprint density at radius 1 is 1.35 bits per heavy atom. The lowest BCUT2D eigenvalue weighted by atomic mass is 9.96. The van der Waals surface area contributed by atoms with Gasteiger partial charge in [-0.2, -0.15) is 0 Å². The van der Waals surface area contributed by atoms with E-state index in [2.05, 4.69) is 5.32 Å². The molecule has 1 rings (SSSR count). The van der Waals surface area contributed by atoms with Gasteiger partial charge in [0.05, 0.1) is 13.2 Å². The van der Waals surface area contributed by atoms with E-state index in [-0.39, 0.29) is 18.4 Å². The molecular formula is C16H25NO3. The zero-order chi connectivity index (χ0) is 15.1. The number of hydrogen-bond donors (Lipinski definition) is 2. The Bertz CT molecular complexity index is 441. The number of ether oxygens (including phenoxy) is 1. The van der Waals surface area contributed by atoms with Crippen molar-refractivity contribution in [3.8, 4) is 5.75 Å². The molecular weight excluding hydrogens is 254 g/mol. The number of aliphatic hydroxyl groups is 1. The van der Waals surface area contributed by atoms with E-state index in [1.165, 1.54) is 0 Å². The fourth-order valence-electron chi connectivity index (χ4n) is 2.31. The third-order valence-corrected chi connectivity index (χ3v) is 3.74. The number of methoxy groups -OCH3 is 1. The van der Waals surface area contributed by atoms with Gasteiger partial charge in [0.1, 0.15) is 5.75 Å². The van der Waals surface area contributed by atoms with Gasteiger partial charge in [-0.3, -0.25) is 4.79 Å². The molecule has 1 atom stereocenters. The Hall–Kier alpha value is -1.55. The van der Waals surface area contributed by atoms with Crippen molar-refractivity contribution in [2.45, 2.75) is 39.7 Å². The summed E-state index contributed by atoms with van der Waals surface area (Å²) in [4.78, 5) is 12.1. The summed E-state index contributed by atoms with van der Waals surface area (Å²) >= 11 is 0. The maximum atomic E-state index is 12.1. The van der Waals surface area contributed by atoms with E-state index in [1.807, 2.05) is 26.8 Å². The summed E-state index contributed by atoms with van der Waals surface area (Å²) in [6.45, 7) is 6.26. The number of amides is 1. The van der Waals surface area contributed by atoms with E-state index >= 15 is 0 Å². The molecule has 4 nitrogen and oxygen atoms in total. The third kappa shape index (κ3) is 4.23. The van der Waals surface area contributed by atoms with E-state index in [1.54, 1.807) is 19.2 Å². The lowest BCUT2D eigenvalue weighted by Gasteiger charge is -2.20. The van der Waals surface area contributed by atoms with E-state index in [0.717, 1.165) is 24.2 Å². The predicted octanol–water partition coefficient (Wildman–Crippen LogP) is 2.53. The Kier molecular flexibility index (Phi) is 6.52. The van der Waals surface area contributed by atoms with Crippen molar-refractivity contribution in [2.75, 3.05) is 13.7 Å². The third-order valence-electron chi connectivity index (χ3n) is 3.74. The topological polar surface area (TPSA) is 58.6 Å². The Balaban J connectivity index is 2.63. The summed E-state index contributed by atoms with van der Waals surface area (Å²) in [6.07, 6.45) is 1.33. The molecule has 4 heteroatoms. The van der Waals surface area contributed by atoms with Crippen LogP contribution in [0.2, 0.25) is 0 Å². The van der Waals surface area contributed by atoms with Gasteiger partial charge in [-0.25, -0.2) is 0 Å². The van der Waals surface area contributed by atoms with E-state index in [4.69, 9.17) is 4.74 Å². The summed E-state index contributed by atoms with van der Waals surface area (Å²) in [7, 11) is 1.60. The van der Waals surface area contributed by atoms with Crippen molar-refractivity contribution in [1.29, 1.82) is 0 Å². The first-order chi connectivity index (χ1) is 9.53. The number of carbonyl (C=O) groups excluding carboxylic acids is 1. The highest BCUT2D eigenvalue weighted by Gasteiger charge is 2.17. The van der Waals surface area contributed by atoms with Gasteiger partial charge < -0.3 is 15.2 Å². The second-order valence-electron chi connectivity index (χ2n) is 5.03. The zero-order valence-corrected chi connectivity index (χ0v) is 12.8. The lowest BCUT2D eigenvalue weighted by molar-refractivity contribution is 0.0816. The van der Waals surface area contributed by atoms with Gasteiger partial charge in [-0.05, 0) is 36.6 Å². The van der Waals surface area contributed by atoms with Crippen LogP contribution in [0.1, 0.15) is 42.6 Å². The molecule has 0 heterocycles. The number of hydrogen-bond acceptors (Lipinski definition) is 3. The van der Waals surface area contributed by atoms with Crippen molar-refractivity contribution >= 4 is 5.91 Å². The Labute approximate surface area is 121 Å². The van der Waals surface area contributed by atoms with Crippen LogP contribution in [0, 0.1) is 12.8 Å². The van der Waals surface area contributed by atoms with Crippen LogP contribution in [-0.2, 0) is 0 Å². The lowest BCUT2D eigenvalue weighted by Crippen LogP contribution is -2.36. The minimum atomic E-state index is -0.493. The SMILES string of the molecule is CCC(CC)C(O)CNC(=O)c1ccc(OC)cc1C. The smallest absolute Gasteiger partial charge is 0.251 e. The first kappa shape index (κ1) is 16.5. The van der Waals surface area contributed by atoms with Crippen molar-refractivity contribution in [1.82, 2.24) is 5.32 Å². The molecule has 20 heavy (non-hydrogen) atoms. The summed E-state index contributed by atoms with van der Waals surface area (Å²) in [5.74, 6) is 0.804. The molecule has 1 unspecified atom stereocenters. The van der Waals surface area contributed by atoms with Gasteiger partial charge in [-0.1, -0.05) is 26.7 Å². The summed E-state index contributed by atoms with van der Waals surface area (Å²) in [5.41, 5.74) is 1.47. The Morgan fingerprint density at radius 2 is 2.00 bits per heavy atom. The van der Waals surface area contributed by atoms with Gasteiger partial charge >= 0.3 is 0 Å². The van der Waals surface area contributed by atoms with Crippen LogP contribution in [0.5, 0.6) is 5.75 Å². The highest BCUT2D eigenvalue weighted by Crippen LogP contribution is 2.17. The van der Waals surface area contributed by atoms with Gasteiger partial charge in [0.25, 0.3) is 5.91 Å². The summed E-state index contributed by atoms with van der Waals surface area (Å²) in [6, 6.07) is 5.33. The molecule has 0 aliphatic carbocycles. The van der Waals surface area contributed by atoms with E-state index in [0.29, 0.717) is 5.56 Å². The van der Waals surface area contributed by atoms with Gasteiger partial charge in [-0.15, -0.1) is 0 Å². The molecule has 0 aliphatic rings. The average molecular weight is 279 g/mol. The van der Waals surface area contributed by atoms with Crippen LogP contribution in [0.3, 0.4) is 0 Å². The highest BCUT2D eigenvalue weighted by molar-refractivity contribution is 5.95. The van der Waals surface area contributed by atoms with Crippen LogP contribution >= 0.6 is 0 Å². The maximum absolute atomic E-state index is 12.1. The van der Waals surface area contributed by atoms with Gasteiger partial charge in [0.15, 0.2) is 0 Å². The minimum absolute atomic E-state index is 0.157. The second-order valence-corrected chi connectivity index (χ2v) is 5.03. The normalized spacial score (nSPS) is 12.3. The van der Waals surface area contributed by atoms with Crippen LogP contribution < -0.4 is 10.1 Å². The molecule has 2 N–H and O–H groups in total. The summed E-state index contributed by atoms with van der Waals surface area (Å²) < 4.78 is 5.12. The molecule has 1 aromatic rings. The molecule has 0 saturated heterocycles. The number of benzene rings is 1. The molecule has 112 valence electrons. The number of carbonyl (C=O) groups is 1. The molecule has 0 radical (unpaired) electrons. The molecule has 0 aliphatic heterocycles. The number of rotatable bonds is 7. The fourth-order valence-corrected chi connectivity index (χ4v) is 2.31. The predicted molar refractivity (Wildman–Crippen MR) is 80.1 cm³/mol. The largest absolute Gasteiger partial charge is 0.497 e. The first-order valence-electron chi connectivity index (χ1n) is 7.14. The monoisotopic (exact) mass is 279 g/mol. The maximum Gasteiger partial charge on any atom is 0.251 e. The standard InChI is InChI=1S/C16H25NO3/c1-5-12(6-2)15(18)10-17-16(19)14-8-7-13(20-4)9-11(14)3/h7-9,12,15,18H,5-6,10H2,1-4H3,(H,17,19). The van der Waals surface area contributed by atoms with Crippen LogP contribution in [-0.4, -0.2) is 30.8 Å². The molecule has 0 aromatic heterocycles. The van der Waals surface area contributed by atoms with E-state index < -0.39 is 6.10 Å². The molecule has 0 spiro atoms. The summed E-state index contributed by atoms with van der Waals surface area (Å²) in [5, 5.41) is 12.8. The molecule has 1 amide bonds. The number of nitrogens with one attached hydrogen (secondary N) is 1. The molecule has 0 saturated carbocycles. The zero-order valence-electron chi connectivity index (χ0n) is 12.8. The first-order valence-corrected chi connectivity index (χ1v) is 7.14. The van der Waals surface area contributed by atoms with Crippen molar-refractivity contribution < 1.29 is 14.6 Å². The quantitative estimate of drug-likeness (QED) is 0.806. The fraction of sp³-hybridized carbons (Fsp3) is 0.562. The van der Waals surface area contributed by atoms with Crippen LogP contribution in [0.4, 0.5) is 0 Å². The average Bonchev–Trinajstić information content (AvgIpc) is 2.45. The van der Waals surface area contributed by atoms with Gasteiger partial charge in [0.2, 0.25) is 0 Å². The molecule has 1 aromatic carbocycles. The van der Waals surface area contributed by atoms with Crippen LogP contribution in [0.25, 0.3) is 0 Å². The minimum Gasteiger partial charge on any atom is -0.497 e. The van der Waals surface area contributed by atoms with Gasteiger partial charge in [0, 0.05) is 12.1 Å². The van der Waals surface area contributed by atoms with Crippen LogP contribution in [0.15, 0.2) is 18.2 Å². The van der Waals surface area contributed by atoms with Crippen molar-refractivity contribution in [2.24, 2.45) is 5.92 Å². The Morgan fingerprint density at radius 3 is 2.50 bits per heavy atom. The molecule has 0 fully saturated rings. The highest BCUT2D eigenvalue weighted by atomic mass is 16.5. The number of aliphatic hydroxyl groups excluding tert-OH is 1. The number of aryl methyl sites for hydroxylation is 1.